The molecule has 1 aromatic carbocycles. The molecular formula is C16H21Cl2NO. The molecule has 2 aliphatic heterocycles. The van der Waals surface area contributed by atoms with Crippen LogP contribution in [0.3, 0.4) is 0 Å². The Labute approximate surface area is 130 Å². The van der Waals surface area contributed by atoms with E-state index >= 15 is 0 Å². The summed E-state index contributed by atoms with van der Waals surface area (Å²) in [6.45, 7) is 3.66. The fourth-order valence-electron chi connectivity index (χ4n) is 3.75. The van der Waals surface area contributed by atoms with Gasteiger partial charge in [-0.3, -0.25) is 0 Å². The van der Waals surface area contributed by atoms with Crippen LogP contribution in [0.2, 0.25) is 10.0 Å². The lowest BCUT2D eigenvalue weighted by Crippen LogP contribution is -2.46. The molecule has 0 aliphatic carbocycles. The zero-order chi connectivity index (χ0) is 14.1. The molecule has 4 atom stereocenters. The number of hydrogen-bond acceptors (Lipinski definition) is 2. The number of halogens is 2. The molecule has 2 aliphatic rings. The van der Waals surface area contributed by atoms with E-state index < -0.39 is 0 Å². The zero-order valence-corrected chi connectivity index (χ0v) is 13.3. The average Bonchev–Trinajstić information content (AvgIpc) is 2.83. The third-order valence-corrected chi connectivity index (χ3v) is 5.47. The van der Waals surface area contributed by atoms with Gasteiger partial charge in [0.25, 0.3) is 0 Å². The Kier molecular flexibility index (Phi) is 4.56. The number of piperidine rings is 1. The Bertz CT molecular complexity index is 480. The highest BCUT2D eigenvalue weighted by molar-refractivity contribution is 6.42. The van der Waals surface area contributed by atoms with Crippen molar-refractivity contribution in [2.75, 3.05) is 13.2 Å². The van der Waals surface area contributed by atoms with Crippen molar-refractivity contribution in [1.29, 1.82) is 0 Å². The van der Waals surface area contributed by atoms with Crippen LogP contribution in [0.5, 0.6) is 0 Å². The van der Waals surface area contributed by atoms with Gasteiger partial charge in [-0.25, -0.2) is 0 Å². The summed E-state index contributed by atoms with van der Waals surface area (Å²) in [5.41, 5.74) is 1.31. The Morgan fingerprint density at radius 3 is 2.85 bits per heavy atom. The fraction of sp³-hybridized carbons (Fsp3) is 0.625. The first-order chi connectivity index (χ1) is 9.69. The maximum absolute atomic E-state index is 6.19. The molecule has 2 nitrogen and oxygen atoms in total. The largest absolute Gasteiger partial charge is 0.381 e. The third-order valence-electron chi connectivity index (χ3n) is 4.73. The minimum atomic E-state index is 0.523. The van der Waals surface area contributed by atoms with Gasteiger partial charge in [0.1, 0.15) is 0 Å². The second kappa shape index (κ2) is 6.23. The second-order valence-corrected chi connectivity index (χ2v) is 6.70. The van der Waals surface area contributed by atoms with Crippen LogP contribution in [0, 0.1) is 5.92 Å². The van der Waals surface area contributed by atoms with Crippen LogP contribution in [0.1, 0.15) is 37.7 Å². The molecule has 2 bridgehead atoms. The summed E-state index contributed by atoms with van der Waals surface area (Å²) in [7, 11) is 0. The summed E-state index contributed by atoms with van der Waals surface area (Å²) >= 11 is 12.2. The minimum absolute atomic E-state index is 0.523. The normalized spacial score (nSPS) is 32.5. The van der Waals surface area contributed by atoms with Gasteiger partial charge in [-0.05, 0) is 49.8 Å². The molecule has 0 amide bonds. The van der Waals surface area contributed by atoms with Crippen LogP contribution < -0.4 is 5.32 Å². The Balaban J connectivity index is 1.85. The number of fused-ring (bicyclic) bond motifs is 2. The van der Waals surface area contributed by atoms with E-state index in [4.69, 9.17) is 27.9 Å². The van der Waals surface area contributed by atoms with Crippen LogP contribution >= 0.6 is 23.2 Å². The lowest BCUT2D eigenvalue weighted by atomic mass is 9.77. The van der Waals surface area contributed by atoms with E-state index in [0.29, 0.717) is 34.0 Å². The van der Waals surface area contributed by atoms with Gasteiger partial charge in [0.05, 0.1) is 16.7 Å². The quantitative estimate of drug-likeness (QED) is 0.897. The first-order valence-corrected chi connectivity index (χ1v) is 8.23. The van der Waals surface area contributed by atoms with Crippen molar-refractivity contribution in [1.82, 2.24) is 5.32 Å². The lowest BCUT2D eigenvalue weighted by molar-refractivity contribution is 0.0723. The molecule has 0 radical (unpaired) electrons. The summed E-state index contributed by atoms with van der Waals surface area (Å²) in [5, 5.41) is 5.03. The van der Waals surface area contributed by atoms with E-state index in [0.717, 1.165) is 13.2 Å². The van der Waals surface area contributed by atoms with Crippen molar-refractivity contribution in [2.45, 2.75) is 44.2 Å². The van der Waals surface area contributed by atoms with Crippen molar-refractivity contribution < 1.29 is 4.74 Å². The molecule has 0 saturated carbocycles. The SMILES string of the molecule is CCOC[C@@H]1[C@@H](c2ccc(Cl)c(Cl)c2)CC2CC[C@H]1N2. The molecule has 20 heavy (non-hydrogen) atoms. The average molecular weight is 314 g/mol. The number of ether oxygens (including phenoxy) is 1. The number of rotatable bonds is 4. The van der Waals surface area contributed by atoms with E-state index in [1.807, 2.05) is 12.1 Å². The van der Waals surface area contributed by atoms with Crippen LogP contribution in [0.15, 0.2) is 18.2 Å². The topological polar surface area (TPSA) is 21.3 Å². The van der Waals surface area contributed by atoms with Crippen molar-refractivity contribution in [3.8, 4) is 0 Å². The van der Waals surface area contributed by atoms with Gasteiger partial charge >= 0.3 is 0 Å². The van der Waals surface area contributed by atoms with Gasteiger partial charge in [0.15, 0.2) is 0 Å². The predicted octanol–water partition coefficient (Wildman–Crippen LogP) is 4.25. The molecule has 110 valence electrons. The van der Waals surface area contributed by atoms with Gasteiger partial charge < -0.3 is 10.1 Å². The van der Waals surface area contributed by atoms with E-state index in [1.165, 1.54) is 24.8 Å². The van der Waals surface area contributed by atoms with Gasteiger partial charge in [0, 0.05) is 24.6 Å². The predicted molar refractivity (Wildman–Crippen MR) is 83.7 cm³/mol. The van der Waals surface area contributed by atoms with E-state index in [2.05, 4.69) is 18.3 Å². The van der Waals surface area contributed by atoms with Crippen LogP contribution in [0.25, 0.3) is 0 Å². The van der Waals surface area contributed by atoms with Gasteiger partial charge in [0.2, 0.25) is 0 Å². The van der Waals surface area contributed by atoms with Gasteiger partial charge in [-0.15, -0.1) is 0 Å². The summed E-state index contributed by atoms with van der Waals surface area (Å²) in [4.78, 5) is 0. The lowest BCUT2D eigenvalue weighted by Gasteiger charge is -2.38. The van der Waals surface area contributed by atoms with E-state index in [9.17, 15) is 0 Å². The summed E-state index contributed by atoms with van der Waals surface area (Å²) < 4.78 is 5.73. The molecular weight excluding hydrogens is 293 g/mol. The fourth-order valence-corrected chi connectivity index (χ4v) is 4.05. The van der Waals surface area contributed by atoms with Gasteiger partial charge in [-0.1, -0.05) is 29.3 Å². The highest BCUT2D eigenvalue weighted by Crippen LogP contribution is 2.42. The second-order valence-electron chi connectivity index (χ2n) is 5.89. The van der Waals surface area contributed by atoms with Crippen molar-refractivity contribution >= 4 is 23.2 Å². The molecule has 4 heteroatoms. The molecule has 1 unspecified atom stereocenters. The molecule has 2 saturated heterocycles. The monoisotopic (exact) mass is 313 g/mol. The summed E-state index contributed by atoms with van der Waals surface area (Å²) in [6.07, 6.45) is 3.72. The maximum Gasteiger partial charge on any atom is 0.0595 e. The van der Waals surface area contributed by atoms with Crippen molar-refractivity contribution in [2.24, 2.45) is 5.92 Å². The number of benzene rings is 1. The van der Waals surface area contributed by atoms with Crippen LogP contribution in [-0.2, 0) is 4.74 Å². The molecule has 2 heterocycles. The molecule has 1 aromatic rings. The van der Waals surface area contributed by atoms with Crippen LogP contribution in [0.4, 0.5) is 0 Å². The standard InChI is InChI=1S/C16H21Cl2NO/c1-2-20-9-13-12(8-11-4-6-16(13)19-11)10-3-5-14(17)15(18)7-10/h3,5,7,11-13,16,19H,2,4,6,8-9H2,1H3/t11?,12-,13-,16-/m1/s1. The molecule has 0 aromatic heterocycles. The van der Waals surface area contributed by atoms with Crippen LogP contribution in [-0.4, -0.2) is 25.3 Å². The number of nitrogens with one attached hydrogen (secondary N) is 1. The Morgan fingerprint density at radius 2 is 2.10 bits per heavy atom. The van der Waals surface area contributed by atoms with Gasteiger partial charge in [-0.2, -0.15) is 0 Å². The van der Waals surface area contributed by atoms with E-state index in [1.54, 1.807) is 0 Å². The minimum Gasteiger partial charge on any atom is -0.381 e. The summed E-state index contributed by atoms with van der Waals surface area (Å²) in [5.74, 6) is 1.06. The smallest absolute Gasteiger partial charge is 0.0595 e. The van der Waals surface area contributed by atoms with E-state index in [-0.39, 0.29) is 0 Å². The molecule has 0 spiro atoms. The molecule has 3 rings (SSSR count). The maximum atomic E-state index is 6.19. The molecule has 2 fully saturated rings. The summed E-state index contributed by atoms with van der Waals surface area (Å²) in [6, 6.07) is 7.32. The Hall–Kier alpha value is -0.280. The Morgan fingerprint density at radius 1 is 1.25 bits per heavy atom. The van der Waals surface area contributed by atoms with Crippen molar-refractivity contribution in [3.05, 3.63) is 33.8 Å². The zero-order valence-electron chi connectivity index (χ0n) is 11.7. The third kappa shape index (κ3) is 2.85. The molecule has 1 N–H and O–H groups in total. The highest BCUT2D eigenvalue weighted by Gasteiger charge is 2.42. The first kappa shape index (κ1) is 14.6. The van der Waals surface area contributed by atoms with Crippen molar-refractivity contribution in [3.63, 3.8) is 0 Å². The number of hydrogen-bond donors (Lipinski definition) is 1. The highest BCUT2D eigenvalue weighted by atomic mass is 35.5. The first-order valence-electron chi connectivity index (χ1n) is 7.47.